The number of carbonyl (C=O) groups excluding carboxylic acids is 1. The smallest absolute Gasteiger partial charge is 0.338 e. The molecule has 1 aromatic heterocycles. The van der Waals surface area contributed by atoms with Crippen LogP contribution >= 0.6 is 11.8 Å². The van der Waals surface area contributed by atoms with Gasteiger partial charge >= 0.3 is 5.97 Å². The number of hydrogen-bond acceptors (Lipinski definition) is 6. The van der Waals surface area contributed by atoms with E-state index in [0.29, 0.717) is 23.7 Å². The predicted octanol–water partition coefficient (Wildman–Crippen LogP) is 6.09. The Hall–Kier alpha value is -3.55. The molecule has 0 saturated carbocycles. The van der Waals surface area contributed by atoms with Gasteiger partial charge in [0.2, 0.25) is 0 Å². The zero-order chi connectivity index (χ0) is 25.3. The van der Waals surface area contributed by atoms with Gasteiger partial charge in [-0.2, -0.15) is 0 Å². The highest BCUT2D eigenvalue weighted by atomic mass is 32.2. The van der Waals surface area contributed by atoms with Crippen LogP contribution in [0.4, 0.5) is 0 Å². The minimum Gasteiger partial charge on any atom is -0.491 e. The number of aromatic amines is 1. The fourth-order valence-electron chi connectivity index (χ4n) is 3.47. The second-order valence-electron chi connectivity index (χ2n) is 8.79. The van der Waals surface area contributed by atoms with Crippen molar-refractivity contribution in [2.45, 2.75) is 25.1 Å². The van der Waals surface area contributed by atoms with Crippen molar-refractivity contribution in [3.63, 3.8) is 0 Å². The molecule has 1 heterocycles. The number of hydrogen-bond donors (Lipinski definition) is 2. The molecule has 0 aliphatic heterocycles. The fourth-order valence-corrected chi connectivity index (χ4v) is 4.24. The van der Waals surface area contributed by atoms with Crippen molar-refractivity contribution in [2.75, 3.05) is 19.0 Å². The Balaban J connectivity index is 1.34. The van der Waals surface area contributed by atoms with E-state index < -0.39 is 6.10 Å². The fraction of sp³-hybridized carbons (Fsp3) is 0.241. The van der Waals surface area contributed by atoms with Gasteiger partial charge in [0.05, 0.1) is 29.7 Å². The topological polar surface area (TPSA) is 84.4 Å². The summed E-state index contributed by atoms with van der Waals surface area (Å²) in [6.45, 7) is 4.49. The number of H-pyrrole nitrogens is 1. The van der Waals surface area contributed by atoms with E-state index in [2.05, 4.69) is 4.98 Å². The maximum Gasteiger partial charge on any atom is 0.338 e. The van der Waals surface area contributed by atoms with Gasteiger partial charge in [-0.05, 0) is 30.2 Å². The highest BCUT2D eigenvalue weighted by molar-refractivity contribution is 7.99. The number of esters is 1. The van der Waals surface area contributed by atoms with Crippen LogP contribution in [0.2, 0.25) is 0 Å². The molecule has 0 amide bonds. The Morgan fingerprint density at radius 2 is 1.56 bits per heavy atom. The first-order valence-corrected chi connectivity index (χ1v) is 12.9. The van der Waals surface area contributed by atoms with Crippen LogP contribution < -0.4 is 4.74 Å². The van der Waals surface area contributed by atoms with E-state index in [1.54, 1.807) is 24.3 Å². The quantitative estimate of drug-likeness (QED) is 0.191. The largest absolute Gasteiger partial charge is 0.491 e. The number of benzene rings is 3. The number of aliphatic hydroxyl groups is 1. The molecular formula is C29H30N2O4S. The minimum absolute atomic E-state index is 0.127. The zero-order valence-electron chi connectivity index (χ0n) is 20.4. The van der Waals surface area contributed by atoms with E-state index >= 15 is 0 Å². The molecule has 7 heteroatoms. The van der Waals surface area contributed by atoms with Crippen molar-refractivity contribution in [1.82, 2.24) is 9.97 Å². The number of carbonyl (C=O) groups is 1. The summed E-state index contributed by atoms with van der Waals surface area (Å²) in [4.78, 5) is 20.3. The number of rotatable bonds is 11. The van der Waals surface area contributed by atoms with E-state index in [1.165, 1.54) is 11.8 Å². The van der Waals surface area contributed by atoms with Gasteiger partial charge in [0.25, 0.3) is 0 Å². The van der Waals surface area contributed by atoms with Gasteiger partial charge in [-0.25, -0.2) is 9.78 Å². The first-order valence-electron chi connectivity index (χ1n) is 11.9. The Morgan fingerprint density at radius 3 is 2.19 bits per heavy atom. The molecule has 4 aromatic rings. The Labute approximate surface area is 215 Å². The highest BCUT2D eigenvalue weighted by Crippen LogP contribution is 2.32. The number of aliphatic hydroxyl groups excluding tert-OH is 1. The molecule has 0 saturated heterocycles. The van der Waals surface area contributed by atoms with Crippen LogP contribution in [0.3, 0.4) is 0 Å². The zero-order valence-corrected chi connectivity index (χ0v) is 21.2. The van der Waals surface area contributed by atoms with Crippen LogP contribution in [0.5, 0.6) is 5.75 Å². The number of thioether (sulfide) groups is 1. The van der Waals surface area contributed by atoms with Gasteiger partial charge in [0.1, 0.15) is 12.4 Å². The van der Waals surface area contributed by atoms with Gasteiger partial charge in [-0.15, -0.1) is 0 Å². The molecule has 4 rings (SSSR count). The standard InChI is InChI=1S/C29H30N2O4S/c1-20(2)17-35-28(33)23-13-15-25(16-14-23)34-18-24(32)19-36-29-30-26(21-9-5-3-6-10-21)27(31-29)22-11-7-4-8-12-22/h3-16,20,24,32H,17-19H2,1-2H3,(H,30,31)/t24-/m1/s1. The highest BCUT2D eigenvalue weighted by Gasteiger charge is 2.16. The van der Waals surface area contributed by atoms with Crippen molar-refractivity contribution in [3.05, 3.63) is 90.5 Å². The molecule has 36 heavy (non-hydrogen) atoms. The average molecular weight is 503 g/mol. The summed E-state index contributed by atoms with van der Waals surface area (Å²) in [6, 6.07) is 26.9. The van der Waals surface area contributed by atoms with Crippen LogP contribution in [-0.4, -0.2) is 46.1 Å². The third kappa shape index (κ3) is 6.99. The lowest BCUT2D eigenvalue weighted by molar-refractivity contribution is 0.0459. The molecule has 0 unspecified atom stereocenters. The molecule has 186 valence electrons. The SMILES string of the molecule is CC(C)COC(=O)c1ccc(OC[C@@H](O)CSc2nc(-c3ccccc3)c(-c3ccccc3)[nH]2)cc1. The van der Waals surface area contributed by atoms with Gasteiger partial charge in [-0.1, -0.05) is 86.3 Å². The minimum atomic E-state index is -0.698. The maximum absolute atomic E-state index is 12.0. The monoisotopic (exact) mass is 502 g/mol. The summed E-state index contributed by atoms with van der Waals surface area (Å²) >= 11 is 1.44. The van der Waals surface area contributed by atoms with Gasteiger partial charge < -0.3 is 19.6 Å². The van der Waals surface area contributed by atoms with Crippen molar-refractivity contribution in [1.29, 1.82) is 0 Å². The second-order valence-corrected chi connectivity index (χ2v) is 9.80. The van der Waals surface area contributed by atoms with Crippen LogP contribution in [0.25, 0.3) is 22.5 Å². The Morgan fingerprint density at radius 1 is 0.917 bits per heavy atom. The first kappa shape index (κ1) is 25.5. The third-order valence-electron chi connectivity index (χ3n) is 5.28. The lowest BCUT2D eigenvalue weighted by Gasteiger charge is -2.12. The van der Waals surface area contributed by atoms with E-state index in [0.717, 1.165) is 27.7 Å². The number of nitrogens with one attached hydrogen (secondary N) is 1. The second kappa shape index (κ2) is 12.4. The summed E-state index contributed by atoms with van der Waals surface area (Å²) in [7, 11) is 0. The average Bonchev–Trinajstić information content (AvgIpc) is 3.35. The lowest BCUT2D eigenvalue weighted by atomic mass is 10.1. The van der Waals surface area contributed by atoms with Crippen LogP contribution in [0.15, 0.2) is 90.1 Å². The number of nitrogens with zero attached hydrogens (tertiary/aromatic N) is 1. The normalized spacial score (nSPS) is 11.9. The summed E-state index contributed by atoms with van der Waals surface area (Å²) in [5, 5.41) is 11.2. The Kier molecular flexibility index (Phi) is 8.81. The van der Waals surface area contributed by atoms with Crippen LogP contribution in [-0.2, 0) is 4.74 Å². The molecular weight excluding hydrogens is 472 g/mol. The van der Waals surface area contributed by atoms with Crippen LogP contribution in [0, 0.1) is 5.92 Å². The number of ether oxygens (including phenoxy) is 2. The Bertz CT molecular complexity index is 1180. The summed E-state index contributed by atoms with van der Waals surface area (Å²) < 4.78 is 10.9. The molecule has 0 aliphatic rings. The van der Waals surface area contributed by atoms with E-state index in [9.17, 15) is 9.90 Å². The van der Waals surface area contributed by atoms with Crippen molar-refractivity contribution < 1.29 is 19.4 Å². The van der Waals surface area contributed by atoms with E-state index in [4.69, 9.17) is 14.5 Å². The van der Waals surface area contributed by atoms with Crippen molar-refractivity contribution >= 4 is 17.7 Å². The van der Waals surface area contributed by atoms with E-state index in [1.807, 2.05) is 74.5 Å². The molecule has 2 N–H and O–H groups in total. The summed E-state index contributed by atoms with van der Waals surface area (Å²) in [5.74, 6) is 0.923. The van der Waals surface area contributed by atoms with E-state index in [-0.39, 0.29) is 18.5 Å². The van der Waals surface area contributed by atoms with Gasteiger partial charge in [0, 0.05) is 16.9 Å². The summed E-state index contributed by atoms with van der Waals surface area (Å²) in [6.07, 6.45) is -0.698. The summed E-state index contributed by atoms with van der Waals surface area (Å²) in [5.41, 5.74) is 4.38. The molecule has 0 spiro atoms. The first-order chi connectivity index (χ1) is 17.5. The van der Waals surface area contributed by atoms with Crippen molar-refractivity contribution in [2.24, 2.45) is 5.92 Å². The molecule has 1 atom stereocenters. The molecule has 3 aromatic carbocycles. The van der Waals surface area contributed by atoms with Gasteiger partial charge in [0.15, 0.2) is 5.16 Å². The third-order valence-corrected chi connectivity index (χ3v) is 6.30. The molecule has 0 aliphatic carbocycles. The molecule has 6 nitrogen and oxygen atoms in total. The molecule has 0 fully saturated rings. The van der Waals surface area contributed by atoms with Crippen LogP contribution in [0.1, 0.15) is 24.2 Å². The molecule has 0 bridgehead atoms. The van der Waals surface area contributed by atoms with Gasteiger partial charge in [-0.3, -0.25) is 0 Å². The number of imidazole rings is 1. The maximum atomic E-state index is 12.0. The molecule has 0 radical (unpaired) electrons. The predicted molar refractivity (Wildman–Crippen MR) is 143 cm³/mol. The lowest BCUT2D eigenvalue weighted by Crippen LogP contribution is -2.20. The number of aromatic nitrogens is 2. The van der Waals surface area contributed by atoms with Crippen molar-refractivity contribution in [3.8, 4) is 28.3 Å².